The van der Waals surface area contributed by atoms with Gasteiger partial charge in [0.15, 0.2) is 0 Å². The van der Waals surface area contributed by atoms with Crippen molar-refractivity contribution in [1.82, 2.24) is 4.72 Å². The van der Waals surface area contributed by atoms with Crippen LogP contribution in [0.1, 0.15) is 106 Å². The maximum Gasteiger partial charge on any atom is 0.261 e. The van der Waals surface area contributed by atoms with E-state index in [2.05, 4.69) is 4.72 Å². The Morgan fingerprint density at radius 2 is 0.949 bits per heavy atom. The quantitative estimate of drug-likeness (QED) is 0.102. The summed E-state index contributed by atoms with van der Waals surface area (Å²) in [6, 6.07) is 23.0. The molecule has 4 aromatic rings. The third-order valence-corrected chi connectivity index (χ3v) is 13.8. The zero-order valence-electron chi connectivity index (χ0n) is 32.1. The molecule has 328 valence electrons. The summed E-state index contributed by atoms with van der Waals surface area (Å²) in [5.74, 6) is 0. The van der Waals surface area contributed by atoms with E-state index in [4.69, 9.17) is 86.0 Å². The molecule has 0 radical (unpaired) electrons. The Morgan fingerprint density at radius 1 is 0.610 bits per heavy atom. The van der Waals surface area contributed by atoms with Crippen LogP contribution in [-0.4, -0.2) is 43.5 Å². The zero-order chi connectivity index (χ0) is 43.3. The van der Waals surface area contributed by atoms with Crippen molar-refractivity contribution in [3.05, 3.63) is 127 Å². The third-order valence-electron chi connectivity index (χ3n) is 9.97. The predicted molar refractivity (Wildman–Crippen MR) is 248 cm³/mol. The van der Waals surface area contributed by atoms with Gasteiger partial charge in [0.2, 0.25) is 10.0 Å². The molecule has 2 fully saturated rings. The van der Waals surface area contributed by atoms with Crippen molar-refractivity contribution in [2.45, 2.75) is 119 Å². The number of aryl methyl sites for hydroxylation is 2. The highest BCUT2D eigenvalue weighted by molar-refractivity contribution is 8.13. The van der Waals surface area contributed by atoms with Gasteiger partial charge < -0.3 is 15.9 Å². The van der Waals surface area contributed by atoms with E-state index in [1.165, 1.54) is 18.6 Å². The molecule has 0 aliphatic heterocycles. The summed E-state index contributed by atoms with van der Waals surface area (Å²) >= 11 is 33.6. The number of alkyl halides is 2. The molecule has 6 rings (SSSR count). The van der Waals surface area contributed by atoms with Gasteiger partial charge in [-0.2, -0.15) is 0 Å². The Labute approximate surface area is 385 Å². The summed E-state index contributed by atoms with van der Waals surface area (Å²) in [5.41, 5.74) is 7.99. The molecule has 5 N–H and O–H groups in total. The fraction of sp³-hybridized carbons (Fsp3) is 0.429. The van der Waals surface area contributed by atoms with Crippen LogP contribution in [0.3, 0.4) is 0 Å². The second kappa shape index (κ2) is 24.5. The molecule has 2 aliphatic rings. The van der Waals surface area contributed by atoms with Crippen LogP contribution in [0, 0.1) is 13.8 Å². The third kappa shape index (κ3) is 16.7. The van der Waals surface area contributed by atoms with Gasteiger partial charge in [-0.1, -0.05) is 128 Å². The second-order valence-corrected chi connectivity index (χ2v) is 21.3. The lowest BCUT2D eigenvalue weighted by Gasteiger charge is -2.41. The average Bonchev–Trinajstić information content (AvgIpc) is 3.15. The molecule has 4 aromatic carbocycles. The fourth-order valence-corrected chi connectivity index (χ4v) is 10.3. The Bertz CT molecular complexity index is 2090. The number of aliphatic hydroxyl groups is 2. The number of aliphatic hydroxyl groups excluding tert-OH is 2. The van der Waals surface area contributed by atoms with Crippen molar-refractivity contribution in [3.63, 3.8) is 0 Å². The van der Waals surface area contributed by atoms with Crippen LogP contribution in [0.15, 0.2) is 94.7 Å². The molecule has 0 amide bonds. The molecule has 0 spiro atoms. The molecule has 59 heavy (non-hydrogen) atoms. The first-order valence-corrected chi connectivity index (χ1v) is 24.8. The molecule has 2 atom stereocenters. The Kier molecular flexibility index (Phi) is 22.3. The molecule has 0 saturated heterocycles. The van der Waals surface area contributed by atoms with Gasteiger partial charge in [-0.15, -0.1) is 23.2 Å². The largest absolute Gasteiger partial charge is 0.386 e. The number of sulfonamides is 1. The number of benzene rings is 4. The van der Waals surface area contributed by atoms with Gasteiger partial charge in [0.1, 0.15) is 0 Å². The lowest BCUT2D eigenvalue weighted by atomic mass is 9.76. The first-order chi connectivity index (χ1) is 27.1. The SMILES string of the molecule is C.Cc1ccc(S(=O)(=O)Cl)cc1.Cc1ccc(S(=O)(=O)NC2(C(O)c3cc(Cl)cc(Cl)c3)CCCCC2)cc1.ClCCl.NC1(C(O)c2cc(Cl)cc(Cl)c2)CCCCC1. The highest BCUT2D eigenvalue weighted by atomic mass is 35.7. The summed E-state index contributed by atoms with van der Waals surface area (Å²) in [5, 5.41) is 23.6. The number of nitrogens with two attached hydrogens (primary N) is 1. The van der Waals surface area contributed by atoms with Gasteiger partial charge in [-0.3, -0.25) is 0 Å². The van der Waals surface area contributed by atoms with Crippen LogP contribution < -0.4 is 10.5 Å². The first-order valence-electron chi connectivity index (χ1n) is 18.5. The first kappa shape index (κ1) is 53.8. The molecule has 0 aromatic heterocycles. The standard InChI is InChI=1S/C20H23Cl2NO3S.C13H17Cl2NO.C7H7ClO2S.CH2Cl2.CH4/c1-14-5-7-18(8-6-14)27(25,26)23-20(9-3-2-4-10-20)19(24)15-11-16(21)13-17(22)12-15;14-10-6-9(7-11(15)8-10)12(17)13(16)4-2-1-3-5-13;1-6-2-4-7(5-3-6)11(8,9)10;2-1-3;/h5-8,11-13,19,23-24H,2-4,9-10H2,1H3;6-8,12,17H,1-5,16H2;2-5H,1H3;1H2;1H4. The van der Waals surface area contributed by atoms with Gasteiger partial charge in [-0.25, -0.2) is 21.6 Å². The fourth-order valence-electron chi connectivity index (χ4n) is 6.96. The van der Waals surface area contributed by atoms with Gasteiger partial charge in [0.05, 0.1) is 32.9 Å². The van der Waals surface area contributed by atoms with Crippen LogP contribution in [-0.2, 0) is 19.1 Å². The lowest BCUT2D eigenvalue weighted by Crippen LogP contribution is -2.53. The highest BCUT2D eigenvalue weighted by Crippen LogP contribution is 2.41. The van der Waals surface area contributed by atoms with E-state index in [9.17, 15) is 27.0 Å². The van der Waals surface area contributed by atoms with Gasteiger partial charge in [-0.05, 0) is 111 Å². The number of hydrogen-bond donors (Lipinski definition) is 4. The smallest absolute Gasteiger partial charge is 0.261 e. The molecular formula is C42H53Cl7N2O6S2. The summed E-state index contributed by atoms with van der Waals surface area (Å²) in [4.78, 5) is 0.333. The van der Waals surface area contributed by atoms with E-state index in [1.807, 2.05) is 13.8 Å². The minimum atomic E-state index is -3.78. The van der Waals surface area contributed by atoms with Crippen molar-refractivity contribution < 1.29 is 27.0 Å². The maximum atomic E-state index is 13.0. The molecule has 2 saturated carbocycles. The number of hydrogen-bond acceptors (Lipinski definition) is 7. The predicted octanol–water partition coefficient (Wildman–Crippen LogP) is 12.7. The monoisotopic (exact) mass is 990 g/mol. The van der Waals surface area contributed by atoms with Crippen molar-refractivity contribution in [2.75, 3.05) is 5.34 Å². The van der Waals surface area contributed by atoms with E-state index in [0.717, 1.165) is 56.1 Å². The molecule has 2 unspecified atom stereocenters. The van der Waals surface area contributed by atoms with Gasteiger partial charge in [0, 0.05) is 36.3 Å². The maximum absolute atomic E-state index is 13.0. The zero-order valence-corrected chi connectivity index (χ0v) is 39.0. The average molecular weight is 994 g/mol. The number of nitrogens with one attached hydrogen (secondary N) is 1. The van der Waals surface area contributed by atoms with Crippen LogP contribution in [0.25, 0.3) is 0 Å². The lowest BCUT2D eigenvalue weighted by molar-refractivity contribution is 0.0473. The second-order valence-electron chi connectivity index (χ2n) is 14.5. The van der Waals surface area contributed by atoms with E-state index in [-0.39, 0.29) is 22.6 Å². The molecule has 0 bridgehead atoms. The molecule has 0 heterocycles. The summed E-state index contributed by atoms with van der Waals surface area (Å²) in [6.07, 6.45) is 7.06. The summed E-state index contributed by atoms with van der Waals surface area (Å²) in [6.45, 7) is 3.78. The highest BCUT2D eigenvalue weighted by Gasteiger charge is 2.43. The number of halogens is 7. The Morgan fingerprint density at radius 3 is 1.32 bits per heavy atom. The molecule has 8 nitrogen and oxygen atoms in total. The van der Waals surface area contributed by atoms with Crippen molar-refractivity contribution >= 4 is 99.4 Å². The van der Waals surface area contributed by atoms with Crippen LogP contribution in [0.5, 0.6) is 0 Å². The van der Waals surface area contributed by atoms with Crippen molar-refractivity contribution in [2.24, 2.45) is 5.73 Å². The normalized spacial score (nSPS) is 16.9. The number of rotatable bonds is 8. The minimum absolute atomic E-state index is 0. The minimum Gasteiger partial charge on any atom is -0.386 e. The van der Waals surface area contributed by atoms with Crippen molar-refractivity contribution in [1.29, 1.82) is 0 Å². The van der Waals surface area contributed by atoms with E-state index >= 15 is 0 Å². The Hall–Kier alpha value is -1.35. The van der Waals surface area contributed by atoms with E-state index < -0.39 is 42.4 Å². The summed E-state index contributed by atoms with van der Waals surface area (Å²) in [7, 11) is -2.25. The topological polar surface area (TPSA) is 147 Å². The van der Waals surface area contributed by atoms with Crippen molar-refractivity contribution in [3.8, 4) is 0 Å². The Balaban J connectivity index is 0.000000320. The molecular weight excluding hydrogens is 941 g/mol. The van der Waals surface area contributed by atoms with Gasteiger partial charge in [0.25, 0.3) is 9.05 Å². The van der Waals surface area contributed by atoms with Crippen LogP contribution in [0.4, 0.5) is 0 Å². The van der Waals surface area contributed by atoms with Crippen LogP contribution in [0.2, 0.25) is 20.1 Å². The van der Waals surface area contributed by atoms with Crippen LogP contribution >= 0.6 is 80.3 Å². The molecule has 2 aliphatic carbocycles. The summed E-state index contributed by atoms with van der Waals surface area (Å²) < 4.78 is 50.3. The van der Waals surface area contributed by atoms with E-state index in [0.29, 0.717) is 44.1 Å². The van der Waals surface area contributed by atoms with E-state index in [1.54, 1.807) is 72.8 Å². The molecule has 17 heteroatoms. The van der Waals surface area contributed by atoms with Gasteiger partial charge >= 0.3 is 0 Å².